The Labute approximate surface area is 126 Å². The number of thioether (sulfide) groups is 1. The molecule has 0 saturated carbocycles. The van der Waals surface area contributed by atoms with Gasteiger partial charge in [-0.3, -0.25) is 0 Å². The Hall–Kier alpha value is -2.01. The summed E-state index contributed by atoms with van der Waals surface area (Å²) in [4.78, 5) is 9.27. The number of phenols is 1. The Balaban J connectivity index is 1.97. The van der Waals surface area contributed by atoms with Crippen molar-refractivity contribution in [3.63, 3.8) is 0 Å². The number of fused-ring (bicyclic) bond motifs is 1. The van der Waals surface area contributed by atoms with Crippen molar-refractivity contribution in [2.75, 3.05) is 11.5 Å². The molecule has 4 nitrogen and oxygen atoms in total. The van der Waals surface area contributed by atoms with Crippen LogP contribution < -0.4 is 0 Å². The maximum absolute atomic E-state index is 9.75. The van der Waals surface area contributed by atoms with Gasteiger partial charge < -0.3 is 9.67 Å². The van der Waals surface area contributed by atoms with E-state index in [0.717, 1.165) is 34.7 Å². The van der Waals surface area contributed by atoms with E-state index in [2.05, 4.69) is 9.55 Å². The molecule has 1 aliphatic heterocycles. The summed E-state index contributed by atoms with van der Waals surface area (Å²) >= 11 is 1.97. The minimum absolute atomic E-state index is 0.264. The molecule has 0 amide bonds. The number of nitrogens with zero attached hydrogens (tertiary/aromatic N) is 3. The van der Waals surface area contributed by atoms with Gasteiger partial charge in [-0.05, 0) is 36.4 Å². The highest BCUT2D eigenvalue weighted by Crippen LogP contribution is 2.35. The molecule has 0 aliphatic carbocycles. The van der Waals surface area contributed by atoms with Crippen molar-refractivity contribution in [1.82, 2.24) is 14.5 Å². The fraction of sp³-hybridized carbons (Fsp3) is 0.250. The van der Waals surface area contributed by atoms with Crippen LogP contribution in [0.1, 0.15) is 12.5 Å². The summed E-state index contributed by atoms with van der Waals surface area (Å²) in [5.74, 6) is 3.43. The summed E-state index contributed by atoms with van der Waals surface area (Å²) in [6.07, 6.45) is 2.95. The number of aromatic hydroxyl groups is 1. The van der Waals surface area contributed by atoms with Crippen LogP contribution in [-0.4, -0.2) is 31.1 Å². The number of hydrogen-bond donors (Lipinski definition) is 1. The topological polar surface area (TPSA) is 50.9 Å². The quantitative estimate of drug-likeness (QED) is 0.787. The minimum atomic E-state index is 0.264. The third-order valence-electron chi connectivity index (χ3n) is 3.82. The van der Waals surface area contributed by atoms with Crippen molar-refractivity contribution >= 4 is 22.9 Å². The largest absolute Gasteiger partial charge is 0.508 e. The maximum Gasteiger partial charge on any atom is 0.160 e. The molecule has 1 fully saturated rings. The van der Waals surface area contributed by atoms with Crippen LogP contribution in [0.4, 0.5) is 0 Å². The third kappa shape index (κ3) is 2.17. The molecule has 0 spiro atoms. The molecule has 1 unspecified atom stereocenters. The molecule has 1 saturated heterocycles. The van der Waals surface area contributed by atoms with E-state index in [1.165, 1.54) is 5.75 Å². The molecular formula is C16H15N3OS. The molecule has 3 aromatic rings. The van der Waals surface area contributed by atoms with Gasteiger partial charge in [0.2, 0.25) is 0 Å². The van der Waals surface area contributed by atoms with Crippen LogP contribution in [0.3, 0.4) is 0 Å². The summed E-state index contributed by atoms with van der Waals surface area (Å²) in [6.45, 7) is 0. The Morgan fingerprint density at radius 2 is 2.19 bits per heavy atom. The lowest BCUT2D eigenvalue weighted by atomic mass is 10.2. The van der Waals surface area contributed by atoms with Gasteiger partial charge in [-0.15, -0.1) is 0 Å². The van der Waals surface area contributed by atoms with Gasteiger partial charge in [0, 0.05) is 23.6 Å². The molecule has 0 radical (unpaired) electrons. The van der Waals surface area contributed by atoms with Gasteiger partial charge in [0.1, 0.15) is 17.1 Å². The van der Waals surface area contributed by atoms with E-state index in [0.29, 0.717) is 6.04 Å². The number of imidazole rings is 1. The number of hydrogen-bond acceptors (Lipinski definition) is 4. The molecule has 106 valence electrons. The fourth-order valence-electron chi connectivity index (χ4n) is 2.85. The second-order valence-corrected chi connectivity index (χ2v) is 6.37. The number of benzene rings is 1. The number of rotatable bonds is 2. The molecule has 1 atom stereocenters. The Bertz CT molecular complexity index is 793. The summed E-state index contributed by atoms with van der Waals surface area (Å²) < 4.78 is 2.24. The van der Waals surface area contributed by atoms with Crippen LogP contribution in [0.25, 0.3) is 22.6 Å². The second kappa shape index (κ2) is 5.07. The van der Waals surface area contributed by atoms with E-state index in [9.17, 15) is 5.11 Å². The van der Waals surface area contributed by atoms with Crippen molar-refractivity contribution in [1.29, 1.82) is 0 Å². The van der Waals surface area contributed by atoms with Gasteiger partial charge in [0.05, 0.1) is 0 Å². The van der Waals surface area contributed by atoms with Crippen molar-refractivity contribution in [2.24, 2.45) is 0 Å². The minimum Gasteiger partial charge on any atom is -0.508 e. The maximum atomic E-state index is 9.75. The van der Waals surface area contributed by atoms with E-state index >= 15 is 0 Å². The van der Waals surface area contributed by atoms with Gasteiger partial charge >= 0.3 is 0 Å². The molecule has 1 aromatic carbocycles. The lowest BCUT2D eigenvalue weighted by molar-refractivity contribution is 0.475. The normalized spacial score (nSPS) is 18.4. The Morgan fingerprint density at radius 1 is 1.24 bits per heavy atom. The van der Waals surface area contributed by atoms with Gasteiger partial charge in [-0.25, -0.2) is 9.97 Å². The highest BCUT2D eigenvalue weighted by molar-refractivity contribution is 7.99. The van der Waals surface area contributed by atoms with Crippen LogP contribution in [0, 0.1) is 0 Å². The molecule has 1 N–H and O–H groups in total. The Morgan fingerprint density at radius 3 is 3.00 bits per heavy atom. The zero-order chi connectivity index (χ0) is 14.2. The first-order chi connectivity index (χ1) is 10.3. The van der Waals surface area contributed by atoms with E-state index in [-0.39, 0.29) is 5.75 Å². The zero-order valence-electron chi connectivity index (χ0n) is 11.4. The third-order valence-corrected chi connectivity index (χ3v) is 4.97. The smallest absolute Gasteiger partial charge is 0.160 e. The first kappa shape index (κ1) is 12.7. The van der Waals surface area contributed by atoms with E-state index in [1.807, 2.05) is 42.2 Å². The number of phenolic OH excluding ortho intramolecular Hbond substituents is 1. The molecule has 1 aliphatic rings. The predicted octanol–water partition coefficient (Wildman–Crippen LogP) is 3.48. The zero-order valence-corrected chi connectivity index (χ0v) is 12.3. The fourth-order valence-corrected chi connectivity index (χ4v) is 4.04. The van der Waals surface area contributed by atoms with Gasteiger partial charge in [-0.2, -0.15) is 11.8 Å². The van der Waals surface area contributed by atoms with Crippen LogP contribution in [0.5, 0.6) is 5.75 Å². The average molecular weight is 297 g/mol. The van der Waals surface area contributed by atoms with Crippen LogP contribution in [0.2, 0.25) is 0 Å². The summed E-state index contributed by atoms with van der Waals surface area (Å²) in [5.41, 5.74) is 2.78. The van der Waals surface area contributed by atoms with Gasteiger partial charge in [-0.1, -0.05) is 12.1 Å². The van der Waals surface area contributed by atoms with E-state index in [1.54, 1.807) is 12.1 Å². The van der Waals surface area contributed by atoms with Crippen molar-refractivity contribution in [2.45, 2.75) is 12.5 Å². The highest BCUT2D eigenvalue weighted by atomic mass is 32.2. The predicted molar refractivity (Wildman–Crippen MR) is 85.6 cm³/mol. The summed E-state index contributed by atoms with van der Waals surface area (Å²) in [7, 11) is 0. The van der Waals surface area contributed by atoms with Crippen LogP contribution in [-0.2, 0) is 0 Å². The molecule has 3 heterocycles. The Kier molecular flexibility index (Phi) is 3.07. The molecule has 4 rings (SSSR count). The van der Waals surface area contributed by atoms with Crippen molar-refractivity contribution in [3.05, 3.63) is 42.6 Å². The molecule has 21 heavy (non-hydrogen) atoms. The first-order valence-electron chi connectivity index (χ1n) is 7.03. The summed E-state index contributed by atoms with van der Waals surface area (Å²) in [6, 6.07) is 11.6. The van der Waals surface area contributed by atoms with Gasteiger partial charge in [0.15, 0.2) is 5.65 Å². The van der Waals surface area contributed by atoms with Crippen LogP contribution in [0.15, 0.2) is 42.6 Å². The SMILES string of the molecule is Oc1cccc(-c2nc3cccnc3n2C2CCSC2)c1. The highest BCUT2D eigenvalue weighted by Gasteiger charge is 2.24. The standard InChI is InChI=1S/C16H15N3OS/c20-13-4-1-3-11(9-13)15-18-14-5-2-7-17-16(14)19(15)12-6-8-21-10-12/h1-5,7,9,12,20H,6,8,10H2. The van der Waals surface area contributed by atoms with E-state index in [4.69, 9.17) is 4.98 Å². The molecular weight excluding hydrogens is 282 g/mol. The van der Waals surface area contributed by atoms with E-state index < -0.39 is 0 Å². The van der Waals surface area contributed by atoms with Crippen LogP contribution >= 0.6 is 11.8 Å². The van der Waals surface area contributed by atoms with Crippen molar-refractivity contribution in [3.8, 4) is 17.1 Å². The lowest BCUT2D eigenvalue weighted by Gasteiger charge is -2.15. The average Bonchev–Trinajstić information content (AvgIpc) is 3.14. The number of pyridine rings is 1. The molecule has 2 aromatic heterocycles. The number of aromatic nitrogens is 3. The van der Waals surface area contributed by atoms with Crippen molar-refractivity contribution < 1.29 is 5.11 Å². The van der Waals surface area contributed by atoms with Gasteiger partial charge in [0.25, 0.3) is 0 Å². The second-order valence-electron chi connectivity index (χ2n) is 5.22. The first-order valence-corrected chi connectivity index (χ1v) is 8.18. The molecule has 0 bridgehead atoms. The lowest BCUT2D eigenvalue weighted by Crippen LogP contribution is -2.10. The monoisotopic (exact) mass is 297 g/mol. The molecule has 5 heteroatoms. The summed E-state index contributed by atoms with van der Waals surface area (Å²) in [5, 5.41) is 9.75.